The molecule has 1 amide bonds. The highest BCUT2D eigenvalue weighted by Crippen LogP contribution is 2.35. The third-order valence-electron chi connectivity index (χ3n) is 4.70. The Hall–Kier alpha value is -3.21. The molecule has 1 aromatic heterocycles. The van der Waals surface area contributed by atoms with E-state index in [2.05, 4.69) is 34.2 Å². The van der Waals surface area contributed by atoms with Gasteiger partial charge in [-0.3, -0.25) is 9.78 Å². The normalized spacial score (nSPS) is 16.0. The van der Waals surface area contributed by atoms with Gasteiger partial charge in [0.2, 0.25) is 5.88 Å². The number of hydrogen-bond acceptors (Lipinski definition) is 4. The van der Waals surface area contributed by atoms with Gasteiger partial charge in [-0.05, 0) is 23.1 Å². The van der Waals surface area contributed by atoms with Gasteiger partial charge in [0.1, 0.15) is 0 Å². The number of ether oxygens (including phenoxy) is 1. The van der Waals surface area contributed by atoms with Gasteiger partial charge in [0.05, 0.1) is 25.5 Å². The summed E-state index contributed by atoms with van der Waals surface area (Å²) in [7, 11) is 1.52. The molecule has 4 rings (SSSR count). The van der Waals surface area contributed by atoms with E-state index in [1.165, 1.54) is 25.1 Å². The highest BCUT2D eigenvalue weighted by molar-refractivity contribution is 5.93. The van der Waals surface area contributed by atoms with Gasteiger partial charge in [0.25, 0.3) is 5.91 Å². The predicted molar refractivity (Wildman–Crippen MR) is 98.1 cm³/mol. The van der Waals surface area contributed by atoms with Crippen LogP contribution in [-0.2, 0) is 6.42 Å². The van der Waals surface area contributed by atoms with E-state index in [0.717, 1.165) is 17.5 Å². The van der Waals surface area contributed by atoms with E-state index in [4.69, 9.17) is 4.74 Å². The number of rotatable bonds is 3. The lowest BCUT2D eigenvalue weighted by Crippen LogP contribution is -2.41. The average molecular weight is 345 g/mol. The second-order valence-corrected chi connectivity index (χ2v) is 6.21. The highest BCUT2D eigenvalue weighted by atomic mass is 16.5. The van der Waals surface area contributed by atoms with Gasteiger partial charge in [-0.1, -0.05) is 54.6 Å². The molecular weight excluding hydrogens is 326 g/mol. The summed E-state index contributed by atoms with van der Waals surface area (Å²) in [5, 5.41) is 0. The smallest absolute Gasteiger partial charge is 0.275 e. The van der Waals surface area contributed by atoms with Crippen LogP contribution in [0.25, 0.3) is 0 Å². The molecule has 0 saturated heterocycles. The van der Waals surface area contributed by atoms with E-state index in [-0.39, 0.29) is 11.9 Å². The topological polar surface area (TPSA) is 55.3 Å². The molecule has 2 heterocycles. The summed E-state index contributed by atoms with van der Waals surface area (Å²) < 4.78 is 5.12. The summed E-state index contributed by atoms with van der Waals surface area (Å²) >= 11 is 0. The zero-order chi connectivity index (χ0) is 17.9. The van der Waals surface area contributed by atoms with Gasteiger partial charge in [0, 0.05) is 6.54 Å². The molecule has 26 heavy (non-hydrogen) atoms. The minimum Gasteiger partial charge on any atom is -0.480 e. The van der Waals surface area contributed by atoms with E-state index in [9.17, 15) is 4.79 Å². The first-order chi connectivity index (χ1) is 12.8. The van der Waals surface area contributed by atoms with Gasteiger partial charge in [-0.25, -0.2) is 4.98 Å². The van der Waals surface area contributed by atoms with Crippen LogP contribution in [0.5, 0.6) is 5.88 Å². The summed E-state index contributed by atoms with van der Waals surface area (Å²) in [4.78, 5) is 23.5. The van der Waals surface area contributed by atoms with Crippen molar-refractivity contribution in [1.29, 1.82) is 0 Å². The molecule has 1 aliphatic rings. The number of benzene rings is 2. The first-order valence-electron chi connectivity index (χ1n) is 8.57. The molecule has 1 atom stereocenters. The Morgan fingerprint density at radius 3 is 2.65 bits per heavy atom. The molecule has 1 aliphatic heterocycles. The summed E-state index contributed by atoms with van der Waals surface area (Å²) in [6.45, 7) is 0.633. The molecule has 3 aromatic rings. The Labute approximate surface area is 152 Å². The average Bonchev–Trinajstić information content (AvgIpc) is 2.73. The van der Waals surface area contributed by atoms with E-state index in [0.29, 0.717) is 18.1 Å². The fourth-order valence-electron chi connectivity index (χ4n) is 3.48. The van der Waals surface area contributed by atoms with Gasteiger partial charge in [0.15, 0.2) is 5.69 Å². The van der Waals surface area contributed by atoms with Gasteiger partial charge >= 0.3 is 0 Å². The molecule has 2 aromatic carbocycles. The lowest BCUT2D eigenvalue weighted by atomic mass is 9.88. The third-order valence-corrected chi connectivity index (χ3v) is 4.70. The molecule has 0 unspecified atom stereocenters. The highest BCUT2D eigenvalue weighted by Gasteiger charge is 2.33. The maximum atomic E-state index is 13.2. The van der Waals surface area contributed by atoms with Crippen molar-refractivity contribution in [3.63, 3.8) is 0 Å². The second-order valence-electron chi connectivity index (χ2n) is 6.21. The second kappa shape index (κ2) is 6.96. The van der Waals surface area contributed by atoms with Crippen LogP contribution < -0.4 is 4.74 Å². The van der Waals surface area contributed by atoms with E-state index >= 15 is 0 Å². The summed E-state index contributed by atoms with van der Waals surface area (Å²) in [5.41, 5.74) is 3.82. The molecule has 0 saturated carbocycles. The molecule has 5 nitrogen and oxygen atoms in total. The van der Waals surface area contributed by atoms with Crippen LogP contribution in [0, 0.1) is 0 Å². The van der Waals surface area contributed by atoms with Crippen molar-refractivity contribution in [2.24, 2.45) is 0 Å². The van der Waals surface area contributed by atoms with Crippen LogP contribution in [0.2, 0.25) is 0 Å². The lowest BCUT2D eigenvalue weighted by Gasteiger charge is -2.37. The maximum absolute atomic E-state index is 13.2. The van der Waals surface area contributed by atoms with Crippen LogP contribution in [0.1, 0.15) is 33.2 Å². The van der Waals surface area contributed by atoms with Crippen molar-refractivity contribution in [3.8, 4) is 5.88 Å². The van der Waals surface area contributed by atoms with Gasteiger partial charge in [-0.2, -0.15) is 0 Å². The molecule has 130 valence electrons. The molecule has 0 spiro atoms. The molecule has 0 bridgehead atoms. The molecule has 0 N–H and O–H groups in total. The Morgan fingerprint density at radius 2 is 1.85 bits per heavy atom. The fourth-order valence-corrected chi connectivity index (χ4v) is 3.48. The first-order valence-corrected chi connectivity index (χ1v) is 8.57. The van der Waals surface area contributed by atoms with Crippen molar-refractivity contribution < 1.29 is 9.53 Å². The summed E-state index contributed by atoms with van der Waals surface area (Å²) in [5.74, 6) is 0.198. The summed E-state index contributed by atoms with van der Waals surface area (Å²) in [6, 6.07) is 18.3. The van der Waals surface area contributed by atoms with Gasteiger partial charge in [-0.15, -0.1) is 0 Å². The Kier molecular flexibility index (Phi) is 4.35. The van der Waals surface area contributed by atoms with E-state index < -0.39 is 0 Å². The zero-order valence-electron chi connectivity index (χ0n) is 14.5. The van der Waals surface area contributed by atoms with Crippen molar-refractivity contribution in [3.05, 3.63) is 89.4 Å². The van der Waals surface area contributed by atoms with Crippen molar-refractivity contribution in [1.82, 2.24) is 14.9 Å². The van der Waals surface area contributed by atoms with Crippen LogP contribution in [0.4, 0.5) is 0 Å². The van der Waals surface area contributed by atoms with E-state index in [1.807, 2.05) is 35.2 Å². The monoisotopic (exact) mass is 345 g/mol. The lowest BCUT2D eigenvalue weighted by molar-refractivity contribution is 0.0687. The fraction of sp³-hybridized carbons (Fsp3) is 0.190. The number of carbonyl (C=O) groups excluding carboxylic acids is 1. The quantitative estimate of drug-likeness (QED) is 0.731. The molecule has 0 aliphatic carbocycles. The largest absolute Gasteiger partial charge is 0.480 e. The minimum absolute atomic E-state index is 0.137. The first kappa shape index (κ1) is 16.3. The molecule has 0 fully saturated rings. The Bertz CT molecular complexity index is 927. The Balaban J connectivity index is 1.78. The van der Waals surface area contributed by atoms with Crippen molar-refractivity contribution in [2.45, 2.75) is 12.5 Å². The SMILES string of the molecule is COc1cncc(C(=O)N2CCc3ccccc3[C@H]2c2ccccc2)n1. The number of methoxy groups -OCH3 is 1. The third kappa shape index (κ3) is 2.92. The Morgan fingerprint density at radius 1 is 1.08 bits per heavy atom. The van der Waals surface area contributed by atoms with Crippen LogP contribution in [0.15, 0.2) is 67.0 Å². The van der Waals surface area contributed by atoms with E-state index in [1.54, 1.807) is 0 Å². The number of amides is 1. The summed E-state index contributed by atoms with van der Waals surface area (Å²) in [6.07, 6.45) is 3.81. The number of hydrogen-bond donors (Lipinski definition) is 0. The minimum atomic E-state index is -0.139. The molecule has 5 heteroatoms. The number of fused-ring (bicyclic) bond motifs is 1. The molecular formula is C21H19N3O2. The standard InChI is InChI=1S/C21H19N3O2/c1-26-19-14-22-13-18(23-19)21(25)24-12-11-15-7-5-6-10-17(15)20(24)16-8-3-2-4-9-16/h2-10,13-14,20H,11-12H2,1H3/t20-/m1/s1. The predicted octanol–water partition coefficient (Wildman–Crippen LogP) is 3.27. The van der Waals surface area contributed by atoms with Crippen LogP contribution in [-0.4, -0.2) is 34.4 Å². The molecule has 0 radical (unpaired) electrons. The zero-order valence-corrected chi connectivity index (χ0v) is 14.5. The number of carbonyl (C=O) groups is 1. The van der Waals surface area contributed by atoms with Crippen molar-refractivity contribution in [2.75, 3.05) is 13.7 Å². The van der Waals surface area contributed by atoms with Gasteiger partial charge < -0.3 is 9.64 Å². The van der Waals surface area contributed by atoms with Crippen LogP contribution >= 0.6 is 0 Å². The number of aromatic nitrogens is 2. The van der Waals surface area contributed by atoms with Crippen molar-refractivity contribution >= 4 is 5.91 Å². The number of nitrogens with zero attached hydrogens (tertiary/aromatic N) is 3. The maximum Gasteiger partial charge on any atom is 0.275 e. The van der Waals surface area contributed by atoms with Crippen LogP contribution in [0.3, 0.4) is 0 Å².